The van der Waals surface area contributed by atoms with E-state index in [1.54, 1.807) is 0 Å². The van der Waals surface area contributed by atoms with Crippen molar-refractivity contribution in [2.24, 2.45) is 28.9 Å². The maximum absolute atomic E-state index is 12.5. The SMILES string of the molecule is CCCCC/C=C\C/C=C\CCCCCCCC(=O)OCC(CC(N)(CCC(N)=O)C(=O)O)C(N)(CCC(N)=O)C(=O)O. The molecule has 43 heavy (non-hydrogen) atoms. The van der Waals surface area contributed by atoms with E-state index < -0.39 is 72.6 Å². The Labute approximate surface area is 255 Å². The first-order valence-electron chi connectivity index (χ1n) is 15.3. The highest BCUT2D eigenvalue weighted by Crippen LogP contribution is 2.31. The first-order valence-corrected chi connectivity index (χ1v) is 15.3. The third-order valence-corrected chi connectivity index (χ3v) is 7.54. The topological polar surface area (TPSA) is 239 Å². The van der Waals surface area contributed by atoms with Gasteiger partial charge < -0.3 is 37.9 Å². The molecule has 3 atom stereocenters. The normalized spacial score (nSPS) is 15.1. The predicted molar refractivity (Wildman–Crippen MR) is 164 cm³/mol. The molecule has 246 valence electrons. The van der Waals surface area contributed by atoms with Crippen molar-refractivity contribution in [1.82, 2.24) is 0 Å². The number of unbranched alkanes of at least 4 members (excludes halogenated alkanes) is 8. The number of hydrogen-bond acceptors (Lipinski definition) is 8. The van der Waals surface area contributed by atoms with Crippen LogP contribution in [0.3, 0.4) is 0 Å². The van der Waals surface area contributed by atoms with E-state index in [0.717, 1.165) is 44.9 Å². The molecule has 0 aromatic heterocycles. The molecular weight excluding hydrogens is 556 g/mol. The molecule has 0 aliphatic heterocycles. The molecule has 0 rings (SSSR count). The first kappa shape index (κ1) is 39.8. The van der Waals surface area contributed by atoms with Crippen LogP contribution in [0.4, 0.5) is 0 Å². The van der Waals surface area contributed by atoms with Crippen molar-refractivity contribution in [2.45, 2.75) is 127 Å². The number of carbonyl (C=O) groups is 5. The van der Waals surface area contributed by atoms with E-state index >= 15 is 0 Å². The number of hydrogen-bond donors (Lipinski definition) is 6. The Kier molecular flexibility index (Phi) is 20.6. The van der Waals surface area contributed by atoms with Gasteiger partial charge in [0.25, 0.3) is 0 Å². The van der Waals surface area contributed by atoms with Gasteiger partial charge >= 0.3 is 17.9 Å². The summed E-state index contributed by atoms with van der Waals surface area (Å²) in [5.41, 5.74) is 18.3. The molecule has 2 amide bonds. The van der Waals surface area contributed by atoms with Crippen LogP contribution >= 0.6 is 0 Å². The summed E-state index contributed by atoms with van der Waals surface area (Å²) in [6, 6.07) is 0. The zero-order valence-electron chi connectivity index (χ0n) is 25.8. The summed E-state index contributed by atoms with van der Waals surface area (Å²) in [6.07, 6.45) is 18.0. The molecule has 0 heterocycles. The highest BCUT2D eigenvalue weighted by atomic mass is 16.5. The van der Waals surface area contributed by atoms with Gasteiger partial charge in [0, 0.05) is 25.2 Å². The Bertz CT molecular complexity index is 939. The summed E-state index contributed by atoms with van der Waals surface area (Å²) >= 11 is 0. The molecule has 0 fully saturated rings. The standard InChI is InChI=1S/C31H54N4O8/c1-2-3-4-5-6-7-8-9-10-11-12-13-14-15-16-17-27(38)43-23-24(31(35,29(41)42)21-19-26(33)37)22-30(34,28(39)40)20-18-25(32)36/h6-7,9-10,24H,2-5,8,11-23,34-35H2,1H3,(H2,32,36)(H2,33,37)(H,39,40)(H,41,42)/b7-6-,10-9-. The second-order valence-electron chi connectivity index (χ2n) is 11.3. The average Bonchev–Trinajstić information content (AvgIpc) is 2.94. The van der Waals surface area contributed by atoms with Gasteiger partial charge in [-0.3, -0.25) is 24.0 Å². The van der Waals surface area contributed by atoms with Crippen molar-refractivity contribution >= 4 is 29.7 Å². The van der Waals surface area contributed by atoms with Crippen molar-refractivity contribution < 1.29 is 38.9 Å². The molecule has 0 saturated carbocycles. The molecule has 0 saturated heterocycles. The fourth-order valence-electron chi connectivity index (χ4n) is 4.63. The third-order valence-electron chi connectivity index (χ3n) is 7.54. The van der Waals surface area contributed by atoms with Gasteiger partial charge in [-0.15, -0.1) is 0 Å². The number of esters is 1. The predicted octanol–water partition coefficient (Wildman–Crippen LogP) is 3.44. The van der Waals surface area contributed by atoms with Crippen molar-refractivity contribution in [3.63, 3.8) is 0 Å². The van der Waals surface area contributed by atoms with Crippen LogP contribution in [-0.4, -0.2) is 57.6 Å². The molecule has 0 aromatic carbocycles. The Morgan fingerprint density at radius 3 is 1.79 bits per heavy atom. The van der Waals surface area contributed by atoms with Crippen LogP contribution in [-0.2, 0) is 28.7 Å². The number of carboxylic acid groups (broad SMARTS) is 2. The summed E-state index contributed by atoms with van der Waals surface area (Å²) in [5.74, 6) is -6.52. The molecule has 12 heteroatoms. The van der Waals surface area contributed by atoms with Crippen LogP contribution in [0, 0.1) is 5.92 Å². The smallest absolute Gasteiger partial charge is 0.324 e. The van der Waals surface area contributed by atoms with Gasteiger partial charge in [0.05, 0.1) is 6.61 Å². The van der Waals surface area contributed by atoms with E-state index in [4.69, 9.17) is 27.7 Å². The van der Waals surface area contributed by atoms with Gasteiger partial charge in [-0.1, -0.05) is 63.3 Å². The molecule has 12 nitrogen and oxygen atoms in total. The van der Waals surface area contributed by atoms with E-state index in [0.29, 0.717) is 6.42 Å². The summed E-state index contributed by atoms with van der Waals surface area (Å²) in [4.78, 5) is 59.2. The van der Waals surface area contributed by atoms with Gasteiger partial charge in [0.1, 0.15) is 11.1 Å². The molecule has 0 aromatic rings. The van der Waals surface area contributed by atoms with Crippen LogP contribution in [0.1, 0.15) is 116 Å². The molecule has 0 spiro atoms. The lowest BCUT2D eigenvalue weighted by atomic mass is 9.73. The second-order valence-corrected chi connectivity index (χ2v) is 11.3. The van der Waals surface area contributed by atoms with Crippen molar-refractivity contribution in [3.8, 4) is 0 Å². The lowest BCUT2D eigenvalue weighted by molar-refractivity contribution is -0.156. The summed E-state index contributed by atoms with van der Waals surface area (Å²) in [7, 11) is 0. The molecule has 0 aliphatic rings. The number of allylic oxidation sites excluding steroid dienone is 4. The fourth-order valence-corrected chi connectivity index (χ4v) is 4.63. The second kappa shape index (κ2) is 22.3. The number of primary amides is 2. The van der Waals surface area contributed by atoms with Gasteiger partial charge in [-0.05, 0) is 57.8 Å². The monoisotopic (exact) mass is 610 g/mol. The number of rotatable bonds is 27. The minimum absolute atomic E-state index is 0.0948. The van der Waals surface area contributed by atoms with Crippen molar-refractivity contribution in [3.05, 3.63) is 24.3 Å². The van der Waals surface area contributed by atoms with Crippen LogP contribution < -0.4 is 22.9 Å². The van der Waals surface area contributed by atoms with E-state index in [1.165, 1.54) is 19.3 Å². The maximum Gasteiger partial charge on any atom is 0.324 e. The molecular formula is C31H54N4O8. The lowest BCUT2D eigenvalue weighted by Crippen LogP contribution is -2.60. The van der Waals surface area contributed by atoms with Crippen LogP contribution in [0.5, 0.6) is 0 Å². The summed E-state index contributed by atoms with van der Waals surface area (Å²) in [6.45, 7) is 1.66. The Balaban J connectivity index is 4.85. The molecule has 0 bridgehead atoms. The number of carboxylic acids is 2. The van der Waals surface area contributed by atoms with Crippen LogP contribution in [0.2, 0.25) is 0 Å². The number of ether oxygens (including phenoxy) is 1. The van der Waals surface area contributed by atoms with E-state index in [9.17, 15) is 34.2 Å². The Hall–Kier alpha value is -3.25. The quantitative estimate of drug-likeness (QED) is 0.0449. The summed E-state index contributed by atoms with van der Waals surface area (Å²) in [5, 5.41) is 19.6. The number of carbonyl (C=O) groups excluding carboxylic acids is 3. The van der Waals surface area contributed by atoms with E-state index in [-0.39, 0.29) is 19.3 Å². The molecule has 3 unspecified atom stereocenters. The van der Waals surface area contributed by atoms with Crippen LogP contribution in [0.15, 0.2) is 24.3 Å². The number of nitrogens with two attached hydrogens (primary N) is 4. The van der Waals surface area contributed by atoms with E-state index in [2.05, 4.69) is 31.2 Å². The average molecular weight is 611 g/mol. The highest BCUT2D eigenvalue weighted by Gasteiger charge is 2.48. The lowest BCUT2D eigenvalue weighted by Gasteiger charge is -2.37. The Morgan fingerprint density at radius 2 is 1.26 bits per heavy atom. The zero-order chi connectivity index (χ0) is 32.7. The van der Waals surface area contributed by atoms with Gasteiger partial charge in [0.2, 0.25) is 11.8 Å². The Morgan fingerprint density at radius 1 is 0.721 bits per heavy atom. The highest BCUT2D eigenvalue weighted by molar-refractivity contribution is 5.83. The number of amides is 2. The van der Waals surface area contributed by atoms with Crippen LogP contribution in [0.25, 0.3) is 0 Å². The van der Waals surface area contributed by atoms with Gasteiger partial charge in [-0.25, -0.2) is 0 Å². The molecule has 0 radical (unpaired) electrons. The van der Waals surface area contributed by atoms with Crippen molar-refractivity contribution in [1.29, 1.82) is 0 Å². The molecule has 10 N–H and O–H groups in total. The summed E-state index contributed by atoms with van der Waals surface area (Å²) < 4.78 is 5.32. The zero-order valence-corrected chi connectivity index (χ0v) is 25.8. The number of aliphatic carboxylic acids is 2. The molecule has 0 aliphatic carbocycles. The third kappa shape index (κ3) is 18.1. The minimum Gasteiger partial charge on any atom is -0.480 e. The fraction of sp³-hybridized carbons (Fsp3) is 0.710. The van der Waals surface area contributed by atoms with Gasteiger partial charge in [-0.2, -0.15) is 0 Å². The maximum atomic E-state index is 12.5. The van der Waals surface area contributed by atoms with Crippen molar-refractivity contribution in [2.75, 3.05) is 6.61 Å². The first-order chi connectivity index (χ1) is 20.3. The minimum atomic E-state index is -2.18. The van der Waals surface area contributed by atoms with Gasteiger partial charge in [0.15, 0.2) is 0 Å². The van der Waals surface area contributed by atoms with E-state index in [1.807, 2.05) is 0 Å². The largest absolute Gasteiger partial charge is 0.480 e.